The van der Waals surface area contributed by atoms with E-state index in [1.807, 2.05) is 30.3 Å². The van der Waals surface area contributed by atoms with Crippen molar-refractivity contribution in [3.63, 3.8) is 0 Å². The van der Waals surface area contributed by atoms with Crippen LogP contribution in [0.5, 0.6) is 5.75 Å². The number of primary amides is 1. The van der Waals surface area contributed by atoms with Crippen LogP contribution in [-0.4, -0.2) is 21.2 Å². The quantitative estimate of drug-likeness (QED) is 0.444. The molecule has 4 rings (SSSR count). The maximum atomic E-state index is 13.1. The van der Waals surface area contributed by atoms with Crippen molar-refractivity contribution in [1.82, 2.24) is 9.36 Å². The first-order valence-corrected chi connectivity index (χ1v) is 10.6. The Kier molecular flexibility index (Phi) is 6.31. The van der Waals surface area contributed by atoms with Gasteiger partial charge in [-0.15, -0.1) is 0 Å². The van der Waals surface area contributed by atoms with Crippen molar-refractivity contribution in [2.24, 2.45) is 12.8 Å². The Bertz CT molecular complexity index is 1420. The van der Waals surface area contributed by atoms with Crippen molar-refractivity contribution in [2.45, 2.75) is 13.5 Å². The van der Waals surface area contributed by atoms with Gasteiger partial charge in [0.25, 0.3) is 17.4 Å². The van der Waals surface area contributed by atoms with Crippen molar-refractivity contribution in [1.29, 1.82) is 0 Å². The summed E-state index contributed by atoms with van der Waals surface area (Å²) in [5.74, 6) is -0.625. The molecule has 3 N–H and O–H groups in total. The van der Waals surface area contributed by atoms with Gasteiger partial charge >= 0.3 is 0 Å². The van der Waals surface area contributed by atoms with Gasteiger partial charge in [0.05, 0.1) is 16.9 Å². The summed E-state index contributed by atoms with van der Waals surface area (Å²) >= 11 is 0. The lowest BCUT2D eigenvalue weighted by molar-refractivity contribution is 0.0994. The number of benzene rings is 3. The van der Waals surface area contributed by atoms with Gasteiger partial charge in [-0.2, -0.15) is 0 Å². The maximum absolute atomic E-state index is 13.1. The van der Waals surface area contributed by atoms with Crippen LogP contribution in [0.1, 0.15) is 32.0 Å². The molecule has 0 atom stereocenters. The second kappa shape index (κ2) is 9.50. The summed E-state index contributed by atoms with van der Waals surface area (Å²) in [6, 6.07) is 22.8. The van der Waals surface area contributed by atoms with Gasteiger partial charge in [0.15, 0.2) is 0 Å². The fourth-order valence-corrected chi connectivity index (χ4v) is 3.66. The molecule has 0 fully saturated rings. The molecule has 3 aromatic carbocycles. The molecule has 0 saturated carbocycles. The Hall–Kier alpha value is -4.59. The fourth-order valence-electron chi connectivity index (χ4n) is 3.66. The highest BCUT2D eigenvalue weighted by molar-refractivity contribution is 6.04. The molecule has 1 aromatic heterocycles. The van der Waals surface area contributed by atoms with Crippen molar-refractivity contribution in [3.05, 3.63) is 112 Å². The minimum atomic E-state index is -0.580. The molecule has 0 bridgehead atoms. The van der Waals surface area contributed by atoms with Crippen LogP contribution in [0.3, 0.4) is 0 Å². The van der Waals surface area contributed by atoms with Gasteiger partial charge in [-0.1, -0.05) is 42.5 Å². The van der Waals surface area contributed by atoms with Crippen LogP contribution in [0.25, 0.3) is 5.69 Å². The highest BCUT2D eigenvalue weighted by atomic mass is 16.5. The SMILES string of the molecule is Cc1c(NC(=O)c2cccc(COc3ccccc3C(N)=O)c2)c(=O)n(-c2ccccc2)n1C. The molecule has 0 aliphatic rings. The normalized spacial score (nSPS) is 10.6. The summed E-state index contributed by atoms with van der Waals surface area (Å²) in [5, 5.41) is 2.76. The zero-order valence-electron chi connectivity index (χ0n) is 18.8. The van der Waals surface area contributed by atoms with E-state index in [0.717, 1.165) is 5.56 Å². The van der Waals surface area contributed by atoms with E-state index in [-0.39, 0.29) is 23.4 Å². The molecule has 8 heteroatoms. The van der Waals surface area contributed by atoms with E-state index in [4.69, 9.17) is 10.5 Å². The molecule has 0 spiro atoms. The number of hydrogen-bond donors (Lipinski definition) is 2. The highest BCUT2D eigenvalue weighted by Crippen LogP contribution is 2.20. The molecule has 0 radical (unpaired) electrons. The van der Waals surface area contributed by atoms with Gasteiger partial charge in [-0.25, -0.2) is 4.68 Å². The zero-order valence-corrected chi connectivity index (χ0v) is 18.8. The van der Waals surface area contributed by atoms with E-state index in [2.05, 4.69) is 5.32 Å². The van der Waals surface area contributed by atoms with E-state index in [1.165, 1.54) is 4.68 Å². The molecule has 0 aliphatic carbocycles. The summed E-state index contributed by atoms with van der Waals surface area (Å²) in [5.41, 5.74) is 8.00. The van der Waals surface area contributed by atoms with E-state index in [9.17, 15) is 14.4 Å². The summed E-state index contributed by atoms with van der Waals surface area (Å²) in [4.78, 5) is 37.6. The molecule has 4 aromatic rings. The van der Waals surface area contributed by atoms with E-state index < -0.39 is 11.8 Å². The molecule has 0 unspecified atom stereocenters. The van der Waals surface area contributed by atoms with Crippen molar-refractivity contribution < 1.29 is 14.3 Å². The topological polar surface area (TPSA) is 108 Å². The standard InChI is InChI=1S/C26H24N4O4/c1-17-23(26(33)30(29(17)2)20-11-4-3-5-12-20)28-25(32)19-10-8-9-18(15-19)16-34-22-14-7-6-13-21(22)24(27)31/h3-15H,16H2,1-2H3,(H2,27,31)(H,28,32). The van der Waals surface area contributed by atoms with Crippen molar-refractivity contribution in [3.8, 4) is 11.4 Å². The summed E-state index contributed by atoms with van der Waals surface area (Å²) in [7, 11) is 1.77. The smallest absolute Gasteiger partial charge is 0.295 e. The number of hydrogen-bond acceptors (Lipinski definition) is 4. The highest BCUT2D eigenvalue weighted by Gasteiger charge is 2.19. The molecular weight excluding hydrogens is 432 g/mol. The number of aromatic nitrogens is 2. The van der Waals surface area contributed by atoms with Crippen LogP contribution < -0.4 is 21.3 Å². The predicted octanol–water partition coefficient (Wildman–Crippen LogP) is 3.41. The largest absolute Gasteiger partial charge is 0.488 e. The second-order valence-corrected chi connectivity index (χ2v) is 7.74. The fraction of sp³-hybridized carbons (Fsp3) is 0.115. The minimum Gasteiger partial charge on any atom is -0.488 e. The third-order valence-electron chi connectivity index (χ3n) is 5.53. The van der Waals surface area contributed by atoms with Crippen LogP contribution in [-0.2, 0) is 13.7 Å². The van der Waals surface area contributed by atoms with Crippen molar-refractivity contribution in [2.75, 3.05) is 5.32 Å². The van der Waals surface area contributed by atoms with Crippen LogP contribution in [0.2, 0.25) is 0 Å². The van der Waals surface area contributed by atoms with E-state index in [0.29, 0.717) is 22.7 Å². The zero-order chi connectivity index (χ0) is 24.2. The van der Waals surface area contributed by atoms with Crippen LogP contribution in [0.4, 0.5) is 5.69 Å². The monoisotopic (exact) mass is 456 g/mol. The Morgan fingerprint density at radius 1 is 0.971 bits per heavy atom. The van der Waals surface area contributed by atoms with Gasteiger partial charge in [-0.3, -0.25) is 19.1 Å². The Labute approximate surface area is 196 Å². The predicted molar refractivity (Wildman–Crippen MR) is 129 cm³/mol. The lowest BCUT2D eigenvalue weighted by Crippen LogP contribution is -2.23. The summed E-state index contributed by atoms with van der Waals surface area (Å²) in [6.45, 7) is 1.91. The van der Waals surface area contributed by atoms with Crippen molar-refractivity contribution >= 4 is 17.5 Å². The Morgan fingerprint density at radius 3 is 2.41 bits per heavy atom. The summed E-state index contributed by atoms with van der Waals surface area (Å²) in [6.07, 6.45) is 0. The average molecular weight is 457 g/mol. The van der Waals surface area contributed by atoms with Gasteiger partial charge in [0.2, 0.25) is 0 Å². The number of nitrogens with one attached hydrogen (secondary N) is 1. The van der Waals surface area contributed by atoms with Gasteiger partial charge in [0, 0.05) is 12.6 Å². The van der Waals surface area contributed by atoms with Gasteiger partial charge < -0.3 is 15.8 Å². The second-order valence-electron chi connectivity index (χ2n) is 7.74. The third-order valence-corrected chi connectivity index (χ3v) is 5.53. The third kappa shape index (κ3) is 4.47. The molecule has 8 nitrogen and oxygen atoms in total. The van der Waals surface area contributed by atoms with Gasteiger partial charge in [-0.05, 0) is 48.9 Å². The number of nitrogens with zero attached hydrogens (tertiary/aromatic N) is 2. The van der Waals surface area contributed by atoms with Crippen LogP contribution in [0.15, 0.2) is 83.7 Å². The van der Waals surface area contributed by atoms with E-state index >= 15 is 0 Å². The number of anilines is 1. The minimum absolute atomic E-state index is 0.136. The van der Waals surface area contributed by atoms with Crippen LogP contribution >= 0.6 is 0 Å². The maximum Gasteiger partial charge on any atom is 0.295 e. The number of amides is 2. The van der Waals surface area contributed by atoms with Crippen LogP contribution in [0, 0.1) is 6.92 Å². The lowest BCUT2D eigenvalue weighted by atomic mass is 10.1. The molecule has 0 saturated heterocycles. The summed E-state index contributed by atoms with van der Waals surface area (Å²) < 4.78 is 8.96. The number of para-hydroxylation sites is 2. The molecular formula is C26H24N4O4. The lowest BCUT2D eigenvalue weighted by Gasteiger charge is -2.10. The van der Waals surface area contributed by atoms with Gasteiger partial charge in [0.1, 0.15) is 18.0 Å². The number of ether oxygens (including phenoxy) is 1. The number of carbonyl (C=O) groups excluding carboxylic acids is 2. The molecule has 34 heavy (non-hydrogen) atoms. The first-order chi connectivity index (χ1) is 16.4. The Morgan fingerprint density at radius 2 is 1.68 bits per heavy atom. The number of nitrogens with two attached hydrogens (primary N) is 1. The molecule has 172 valence electrons. The Balaban J connectivity index is 1.54. The molecule has 0 aliphatic heterocycles. The number of carbonyl (C=O) groups is 2. The molecule has 2 amide bonds. The first-order valence-electron chi connectivity index (χ1n) is 10.6. The first kappa shape index (κ1) is 22.6. The van der Waals surface area contributed by atoms with E-state index in [1.54, 1.807) is 67.2 Å². The number of rotatable bonds is 7. The average Bonchev–Trinajstić information content (AvgIpc) is 3.06. The molecule has 1 heterocycles.